The van der Waals surface area contributed by atoms with Crippen molar-refractivity contribution in [2.24, 2.45) is 16.6 Å². The third kappa shape index (κ3) is 4.24. The third-order valence-electron chi connectivity index (χ3n) is 3.75. The number of hydrogen-bond donors (Lipinski definition) is 3. The lowest BCUT2D eigenvalue weighted by Crippen LogP contribution is -2.61. The number of nitrogens with two attached hydrogens (primary N) is 1. The van der Waals surface area contributed by atoms with Crippen LogP contribution in [0.1, 0.15) is 18.7 Å². The molecular formula is C19H24N4S. The van der Waals surface area contributed by atoms with Gasteiger partial charge in [-0.05, 0) is 29.7 Å². The average Bonchev–Trinajstić information content (AvgIpc) is 3.01. The van der Waals surface area contributed by atoms with E-state index in [9.17, 15) is 0 Å². The van der Waals surface area contributed by atoms with Gasteiger partial charge in [-0.15, -0.1) is 11.3 Å². The van der Waals surface area contributed by atoms with Crippen LogP contribution in [-0.4, -0.2) is 18.2 Å². The molecule has 0 aliphatic carbocycles. The first kappa shape index (κ1) is 16.7. The molecule has 0 amide bonds. The SMILES string of the molecule is CC(C)CN=C1NC=CC(N)(Cc2ccc(-c3ccccc3)s2)N1. The Kier molecular flexibility index (Phi) is 5.02. The molecule has 2 heterocycles. The second-order valence-electron chi connectivity index (χ2n) is 6.53. The van der Waals surface area contributed by atoms with Gasteiger partial charge in [-0.2, -0.15) is 0 Å². The molecule has 0 radical (unpaired) electrons. The van der Waals surface area contributed by atoms with E-state index in [-0.39, 0.29) is 0 Å². The van der Waals surface area contributed by atoms with Crippen molar-refractivity contribution in [3.63, 3.8) is 0 Å². The van der Waals surface area contributed by atoms with E-state index >= 15 is 0 Å². The van der Waals surface area contributed by atoms with Crippen LogP contribution in [0.5, 0.6) is 0 Å². The second kappa shape index (κ2) is 7.20. The molecule has 1 aliphatic heterocycles. The van der Waals surface area contributed by atoms with Gasteiger partial charge >= 0.3 is 0 Å². The van der Waals surface area contributed by atoms with Crippen molar-refractivity contribution in [1.29, 1.82) is 0 Å². The summed E-state index contributed by atoms with van der Waals surface area (Å²) in [5.41, 5.74) is 7.16. The maximum absolute atomic E-state index is 6.52. The number of thiophene rings is 1. The molecule has 1 aromatic carbocycles. The van der Waals surface area contributed by atoms with Crippen molar-refractivity contribution in [2.45, 2.75) is 25.9 Å². The van der Waals surface area contributed by atoms with Crippen molar-refractivity contribution in [2.75, 3.05) is 6.54 Å². The molecule has 1 aliphatic rings. The maximum Gasteiger partial charge on any atom is 0.197 e. The number of guanidine groups is 1. The van der Waals surface area contributed by atoms with E-state index in [2.05, 4.69) is 65.9 Å². The quantitative estimate of drug-likeness (QED) is 0.782. The van der Waals surface area contributed by atoms with Gasteiger partial charge in [0.2, 0.25) is 0 Å². The summed E-state index contributed by atoms with van der Waals surface area (Å²) < 4.78 is 0. The van der Waals surface area contributed by atoms with E-state index in [0.29, 0.717) is 5.92 Å². The highest BCUT2D eigenvalue weighted by Crippen LogP contribution is 2.29. The highest BCUT2D eigenvalue weighted by Gasteiger charge is 2.27. The summed E-state index contributed by atoms with van der Waals surface area (Å²) in [6.45, 7) is 5.07. The zero-order valence-electron chi connectivity index (χ0n) is 14.1. The summed E-state index contributed by atoms with van der Waals surface area (Å²) in [6.07, 6.45) is 4.56. The van der Waals surface area contributed by atoms with Crippen molar-refractivity contribution < 1.29 is 0 Å². The predicted octanol–water partition coefficient (Wildman–Crippen LogP) is 3.33. The summed E-state index contributed by atoms with van der Waals surface area (Å²) in [5.74, 6) is 1.26. The predicted molar refractivity (Wildman–Crippen MR) is 103 cm³/mol. The van der Waals surface area contributed by atoms with Crippen LogP contribution in [0.25, 0.3) is 10.4 Å². The molecule has 24 heavy (non-hydrogen) atoms. The topological polar surface area (TPSA) is 62.4 Å². The van der Waals surface area contributed by atoms with Crippen LogP contribution in [-0.2, 0) is 6.42 Å². The Balaban J connectivity index is 1.71. The third-order valence-corrected chi connectivity index (χ3v) is 4.89. The van der Waals surface area contributed by atoms with Gasteiger partial charge in [0.15, 0.2) is 5.96 Å². The van der Waals surface area contributed by atoms with Crippen molar-refractivity contribution in [3.05, 3.63) is 59.6 Å². The molecule has 3 rings (SSSR count). The van der Waals surface area contributed by atoms with Crippen LogP contribution < -0.4 is 16.4 Å². The Hall–Kier alpha value is -2.11. The normalized spacial score (nSPS) is 21.8. The van der Waals surface area contributed by atoms with Gasteiger partial charge in [0.1, 0.15) is 5.66 Å². The molecule has 1 aromatic heterocycles. The van der Waals surface area contributed by atoms with Gasteiger partial charge in [0.05, 0.1) is 0 Å². The Bertz CT molecular complexity index is 733. The highest BCUT2D eigenvalue weighted by atomic mass is 32.1. The van der Waals surface area contributed by atoms with Gasteiger partial charge in [0.25, 0.3) is 0 Å². The van der Waals surface area contributed by atoms with Crippen LogP contribution in [0.3, 0.4) is 0 Å². The second-order valence-corrected chi connectivity index (χ2v) is 7.70. The summed E-state index contributed by atoms with van der Waals surface area (Å²) in [7, 11) is 0. The lowest BCUT2D eigenvalue weighted by Gasteiger charge is -2.32. The first-order chi connectivity index (χ1) is 11.5. The molecule has 126 valence electrons. The number of nitrogens with one attached hydrogen (secondary N) is 2. The Morgan fingerprint density at radius 3 is 2.71 bits per heavy atom. The van der Waals surface area contributed by atoms with E-state index in [1.54, 1.807) is 11.3 Å². The number of nitrogens with zero attached hydrogens (tertiary/aromatic N) is 1. The van der Waals surface area contributed by atoms with Crippen LogP contribution >= 0.6 is 11.3 Å². The molecule has 4 nitrogen and oxygen atoms in total. The monoisotopic (exact) mass is 340 g/mol. The van der Waals surface area contributed by atoms with E-state index in [4.69, 9.17) is 5.73 Å². The minimum absolute atomic E-state index is 0.518. The van der Waals surface area contributed by atoms with Crippen LogP contribution in [0, 0.1) is 5.92 Å². The summed E-state index contributed by atoms with van der Waals surface area (Å²) in [6, 6.07) is 14.7. The first-order valence-electron chi connectivity index (χ1n) is 8.24. The fourth-order valence-corrected chi connectivity index (χ4v) is 3.67. The van der Waals surface area contributed by atoms with Crippen LogP contribution in [0.15, 0.2) is 59.7 Å². The fourth-order valence-electron chi connectivity index (χ4n) is 2.55. The molecule has 0 saturated heterocycles. The molecule has 0 bridgehead atoms. The van der Waals surface area contributed by atoms with Gasteiger partial charge in [-0.1, -0.05) is 44.2 Å². The van der Waals surface area contributed by atoms with E-state index in [0.717, 1.165) is 18.9 Å². The highest BCUT2D eigenvalue weighted by molar-refractivity contribution is 7.15. The molecule has 2 aromatic rings. The van der Waals surface area contributed by atoms with Gasteiger partial charge in [-0.3, -0.25) is 4.99 Å². The Labute approximate surface area is 147 Å². The molecule has 0 fully saturated rings. The Morgan fingerprint density at radius 2 is 1.96 bits per heavy atom. The molecule has 1 unspecified atom stereocenters. The Morgan fingerprint density at radius 1 is 1.17 bits per heavy atom. The van der Waals surface area contributed by atoms with E-state index in [1.807, 2.05) is 18.3 Å². The van der Waals surface area contributed by atoms with Gasteiger partial charge < -0.3 is 16.4 Å². The lowest BCUT2D eigenvalue weighted by atomic mass is 10.1. The molecule has 4 N–H and O–H groups in total. The molecule has 1 atom stereocenters. The summed E-state index contributed by atoms with van der Waals surface area (Å²) in [4.78, 5) is 7.05. The van der Waals surface area contributed by atoms with Crippen molar-refractivity contribution >= 4 is 17.3 Å². The number of rotatable bonds is 5. The number of benzene rings is 1. The van der Waals surface area contributed by atoms with Crippen LogP contribution in [0.2, 0.25) is 0 Å². The largest absolute Gasteiger partial charge is 0.334 e. The zero-order chi connectivity index (χ0) is 17.0. The average molecular weight is 340 g/mol. The minimum atomic E-state index is -0.611. The molecular weight excluding hydrogens is 316 g/mol. The summed E-state index contributed by atoms with van der Waals surface area (Å²) >= 11 is 1.78. The van der Waals surface area contributed by atoms with Crippen molar-refractivity contribution in [1.82, 2.24) is 10.6 Å². The fraction of sp³-hybridized carbons (Fsp3) is 0.316. The molecule has 0 spiro atoms. The lowest BCUT2D eigenvalue weighted by molar-refractivity contribution is 0.474. The maximum atomic E-state index is 6.52. The van der Waals surface area contributed by atoms with Gasteiger partial charge in [-0.25, -0.2) is 0 Å². The number of hydrogen-bond acceptors (Lipinski definition) is 3. The first-order valence-corrected chi connectivity index (χ1v) is 9.06. The van der Waals surface area contributed by atoms with E-state index < -0.39 is 5.66 Å². The van der Waals surface area contributed by atoms with E-state index in [1.165, 1.54) is 15.3 Å². The summed E-state index contributed by atoms with van der Waals surface area (Å²) in [5, 5.41) is 6.45. The smallest absolute Gasteiger partial charge is 0.197 e. The minimum Gasteiger partial charge on any atom is -0.334 e. The zero-order valence-corrected chi connectivity index (χ0v) is 14.9. The van der Waals surface area contributed by atoms with Gasteiger partial charge in [0, 0.05) is 28.9 Å². The standard InChI is InChI=1S/C19H24N4S/c1-14(2)13-22-18-21-11-10-19(20,23-18)12-16-8-9-17(24-16)15-6-4-3-5-7-15/h3-11,14H,12-13,20H2,1-2H3,(H2,21,22,23). The molecule has 0 saturated carbocycles. The molecule has 5 heteroatoms. The van der Waals surface area contributed by atoms with Crippen LogP contribution in [0.4, 0.5) is 0 Å². The van der Waals surface area contributed by atoms with Crippen molar-refractivity contribution in [3.8, 4) is 10.4 Å². The number of aliphatic imine (C=N–C) groups is 1.